The second-order valence-electron chi connectivity index (χ2n) is 4.72. The fraction of sp³-hybridized carbons (Fsp3) is 0.500. The van der Waals surface area contributed by atoms with E-state index < -0.39 is 11.9 Å². The van der Waals surface area contributed by atoms with Crippen LogP contribution in [0.1, 0.15) is 66.3 Å². The molecule has 0 saturated carbocycles. The second kappa shape index (κ2) is 7.68. The summed E-state index contributed by atoms with van der Waals surface area (Å²) < 4.78 is 5.41. The average molecular weight is 278 g/mol. The van der Waals surface area contributed by atoms with Crippen LogP contribution in [0.2, 0.25) is 0 Å². The molecule has 1 aromatic carbocycles. The lowest BCUT2D eigenvalue weighted by molar-refractivity contribution is 0.0266. The maximum atomic E-state index is 12.2. The Balaban J connectivity index is 3.06. The Kier molecular flexibility index (Phi) is 6.22. The van der Waals surface area contributed by atoms with Crippen molar-refractivity contribution in [1.82, 2.24) is 0 Å². The normalized spacial score (nSPS) is 11.9. The molecule has 0 heterocycles. The first-order valence-corrected chi connectivity index (χ1v) is 7.11. The van der Waals surface area contributed by atoms with Gasteiger partial charge in [0.1, 0.15) is 6.10 Å². The van der Waals surface area contributed by atoms with Crippen molar-refractivity contribution in [2.75, 3.05) is 0 Å². The van der Waals surface area contributed by atoms with E-state index in [0.717, 1.165) is 19.3 Å². The van der Waals surface area contributed by atoms with Gasteiger partial charge >= 0.3 is 11.9 Å². The summed E-state index contributed by atoms with van der Waals surface area (Å²) in [5.41, 5.74) is 0.855. The molecule has 0 aliphatic carbocycles. The van der Waals surface area contributed by atoms with E-state index in [2.05, 4.69) is 0 Å². The SMILES string of the molecule is CCCC(CC)OC(=O)c1cccc(CC)c1C(=O)O. The largest absolute Gasteiger partial charge is 0.478 e. The van der Waals surface area contributed by atoms with Crippen LogP contribution < -0.4 is 0 Å². The summed E-state index contributed by atoms with van der Waals surface area (Å²) in [5, 5.41) is 9.31. The molecule has 0 amide bonds. The van der Waals surface area contributed by atoms with Crippen molar-refractivity contribution < 1.29 is 19.4 Å². The molecule has 1 rings (SSSR count). The van der Waals surface area contributed by atoms with E-state index in [1.54, 1.807) is 12.1 Å². The van der Waals surface area contributed by atoms with Gasteiger partial charge in [0.15, 0.2) is 0 Å². The number of carbonyl (C=O) groups excluding carboxylic acids is 1. The van der Waals surface area contributed by atoms with E-state index in [-0.39, 0.29) is 17.2 Å². The minimum atomic E-state index is -1.09. The first kappa shape index (κ1) is 16.2. The molecule has 0 spiro atoms. The molecule has 1 atom stereocenters. The quantitative estimate of drug-likeness (QED) is 0.773. The Labute approximate surface area is 119 Å². The van der Waals surface area contributed by atoms with E-state index in [1.165, 1.54) is 6.07 Å². The summed E-state index contributed by atoms with van der Waals surface area (Å²) in [6.45, 7) is 5.84. The number of hydrogen-bond acceptors (Lipinski definition) is 3. The molecule has 0 aromatic heterocycles. The lowest BCUT2D eigenvalue weighted by Gasteiger charge is -2.17. The van der Waals surface area contributed by atoms with Crippen LogP contribution >= 0.6 is 0 Å². The van der Waals surface area contributed by atoms with Crippen molar-refractivity contribution in [2.24, 2.45) is 0 Å². The van der Waals surface area contributed by atoms with Gasteiger partial charge in [-0.3, -0.25) is 0 Å². The molecule has 1 unspecified atom stereocenters. The molecule has 0 aliphatic heterocycles. The number of hydrogen-bond donors (Lipinski definition) is 1. The highest BCUT2D eigenvalue weighted by molar-refractivity contribution is 6.03. The predicted molar refractivity (Wildman–Crippen MR) is 77.2 cm³/mol. The van der Waals surface area contributed by atoms with E-state index in [4.69, 9.17) is 4.74 Å². The maximum absolute atomic E-state index is 12.2. The summed E-state index contributed by atoms with van der Waals surface area (Å²) >= 11 is 0. The van der Waals surface area contributed by atoms with Gasteiger partial charge < -0.3 is 9.84 Å². The predicted octanol–water partition coefficient (Wildman–Crippen LogP) is 3.68. The highest BCUT2D eigenvalue weighted by atomic mass is 16.5. The first-order chi connectivity index (χ1) is 9.54. The fourth-order valence-electron chi connectivity index (χ4n) is 2.20. The molecule has 0 fully saturated rings. The Morgan fingerprint density at radius 2 is 1.95 bits per heavy atom. The molecular formula is C16H22O4. The molecule has 4 heteroatoms. The van der Waals surface area contributed by atoms with Crippen molar-refractivity contribution in [2.45, 2.75) is 52.6 Å². The van der Waals surface area contributed by atoms with Crippen LogP contribution in [0, 0.1) is 0 Å². The monoisotopic (exact) mass is 278 g/mol. The zero-order valence-corrected chi connectivity index (χ0v) is 12.3. The Morgan fingerprint density at radius 3 is 2.45 bits per heavy atom. The number of carboxylic acid groups (broad SMARTS) is 1. The summed E-state index contributed by atoms with van der Waals surface area (Å²) in [7, 11) is 0. The molecule has 1 aromatic rings. The van der Waals surface area contributed by atoms with E-state index in [1.807, 2.05) is 20.8 Å². The molecule has 1 N–H and O–H groups in total. The van der Waals surface area contributed by atoms with Gasteiger partial charge in [0, 0.05) is 0 Å². The molecule has 4 nitrogen and oxygen atoms in total. The topological polar surface area (TPSA) is 63.6 Å². The zero-order valence-electron chi connectivity index (χ0n) is 12.3. The van der Waals surface area contributed by atoms with E-state index in [0.29, 0.717) is 12.0 Å². The average Bonchev–Trinajstić information content (AvgIpc) is 2.45. The van der Waals surface area contributed by atoms with Gasteiger partial charge in [0.05, 0.1) is 11.1 Å². The van der Waals surface area contributed by atoms with Crippen LogP contribution in [0.4, 0.5) is 0 Å². The molecule has 0 aliphatic rings. The molecule has 0 saturated heterocycles. The number of esters is 1. The van der Waals surface area contributed by atoms with Gasteiger partial charge in [0.25, 0.3) is 0 Å². The van der Waals surface area contributed by atoms with Crippen molar-refractivity contribution in [1.29, 1.82) is 0 Å². The third-order valence-electron chi connectivity index (χ3n) is 3.31. The maximum Gasteiger partial charge on any atom is 0.339 e. The number of aromatic carboxylic acids is 1. The Bertz CT molecular complexity index is 479. The van der Waals surface area contributed by atoms with Crippen molar-refractivity contribution in [3.8, 4) is 0 Å². The van der Waals surface area contributed by atoms with Gasteiger partial charge in [-0.05, 0) is 30.9 Å². The van der Waals surface area contributed by atoms with Crippen LogP contribution in [-0.4, -0.2) is 23.1 Å². The lowest BCUT2D eigenvalue weighted by atomic mass is 9.99. The van der Waals surface area contributed by atoms with Crippen LogP contribution in [0.3, 0.4) is 0 Å². The number of rotatable bonds is 7. The number of ether oxygens (including phenoxy) is 1. The van der Waals surface area contributed by atoms with Crippen LogP contribution in [0.5, 0.6) is 0 Å². The van der Waals surface area contributed by atoms with E-state index in [9.17, 15) is 14.7 Å². The fourth-order valence-corrected chi connectivity index (χ4v) is 2.20. The van der Waals surface area contributed by atoms with Gasteiger partial charge in [-0.15, -0.1) is 0 Å². The highest BCUT2D eigenvalue weighted by Gasteiger charge is 2.22. The van der Waals surface area contributed by atoms with Gasteiger partial charge in [0.2, 0.25) is 0 Å². The number of benzene rings is 1. The van der Waals surface area contributed by atoms with Crippen molar-refractivity contribution >= 4 is 11.9 Å². The molecule has 0 bridgehead atoms. The Morgan fingerprint density at radius 1 is 1.25 bits per heavy atom. The van der Waals surface area contributed by atoms with Crippen LogP contribution in [-0.2, 0) is 11.2 Å². The third kappa shape index (κ3) is 3.83. The third-order valence-corrected chi connectivity index (χ3v) is 3.31. The number of carboxylic acids is 1. The number of carbonyl (C=O) groups is 2. The number of aryl methyl sites for hydroxylation is 1. The molecular weight excluding hydrogens is 256 g/mol. The van der Waals surface area contributed by atoms with Gasteiger partial charge in [-0.25, -0.2) is 9.59 Å². The summed E-state index contributed by atoms with van der Waals surface area (Å²) in [6, 6.07) is 4.94. The summed E-state index contributed by atoms with van der Waals surface area (Å²) in [4.78, 5) is 23.6. The first-order valence-electron chi connectivity index (χ1n) is 7.11. The standard InChI is InChI=1S/C16H22O4/c1-4-8-12(6-3)20-16(19)13-10-7-9-11(5-2)14(13)15(17)18/h7,9-10,12H,4-6,8H2,1-3H3,(H,17,18). The highest BCUT2D eigenvalue weighted by Crippen LogP contribution is 2.19. The zero-order chi connectivity index (χ0) is 15.1. The van der Waals surface area contributed by atoms with E-state index >= 15 is 0 Å². The summed E-state index contributed by atoms with van der Waals surface area (Å²) in [6.07, 6.45) is 2.86. The molecule has 110 valence electrons. The summed E-state index contributed by atoms with van der Waals surface area (Å²) in [5.74, 6) is -1.63. The second-order valence-corrected chi connectivity index (χ2v) is 4.72. The van der Waals surface area contributed by atoms with Gasteiger partial charge in [-0.2, -0.15) is 0 Å². The van der Waals surface area contributed by atoms with Crippen molar-refractivity contribution in [3.63, 3.8) is 0 Å². The van der Waals surface area contributed by atoms with Crippen LogP contribution in [0.15, 0.2) is 18.2 Å². The lowest BCUT2D eigenvalue weighted by Crippen LogP contribution is -2.20. The molecule has 0 radical (unpaired) electrons. The minimum absolute atomic E-state index is 0.0614. The van der Waals surface area contributed by atoms with Crippen LogP contribution in [0.25, 0.3) is 0 Å². The Hall–Kier alpha value is -1.84. The molecule has 20 heavy (non-hydrogen) atoms. The smallest absolute Gasteiger partial charge is 0.339 e. The minimum Gasteiger partial charge on any atom is -0.478 e. The van der Waals surface area contributed by atoms with Gasteiger partial charge in [-0.1, -0.05) is 39.3 Å². The van der Waals surface area contributed by atoms with Crippen molar-refractivity contribution in [3.05, 3.63) is 34.9 Å².